The molecule has 0 aliphatic heterocycles. The lowest BCUT2D eigenvalue weighted by Crippen LogP contribution is -2.58. The van der Waals surface area contributed by atoms with Crippen molar-refractivity contribution in [3.63, 3.8) is 0 Å². The van der Waals surface area contributed by atoms with Crippen molar-refractivity contribution in [1.29, 1.82) is 0 Å². The average molecular weight is 370 g/mol. The summed E-state index contributed by atoms with van der Waals surface area (Å²) in [6.07, 6.45) is 12.5. The van der Waals surface area contributed by atoms with Crippen LogP contribution in [0, 0.1) is 38.9 Å². The molecule has 5 saturated carbocycles. The van der Waals surface area contributed by atoms with Crippen molar-refractivity contribution < 1.29 is 4.79 Å². The van der Waals surface area contributed by atoms with E-state index in [2.05, 4.69) is 53.1 Å². The molecule has 2 nitrogen and oxygen atoms in total. The van der Waals surface area contributed by atoms with Crippen LogP contribution in [0.3, 0.4) is 0 Å². The molecule has 7 atom stereocenters. The second-order valence-corrected chi connectivity index (χ2v) is 11.9. The van der Waals surface area contributed by atoms with Crippen molar-refractivity contribution in [3.8, 4) is 0 Å². The first-order chi connectivity index (χ1) is 12.6. The number of allylic oxidation sites excluding steroid dienone is 2. The van der Waals surface area contributed by atoms with Crippen molar-refractivity contribution in [2.75, 3.05) is 7.05 Å². The number of Topliss-reactive ketones (excluding diaryl/α,β-unsaturated/α-hetero) is 1. The minimum atomic E-state index is 0.114. The Labute approximate surface area is 165 Å². The zero-order valence-corrected chi connectivity index (χ0v) is 18.4. The first kappa shape index (κ1) is 18.4. The summed E-state index contributed by atoms with van der Waals surface area (Å²) in [6, 6.07) is 0.662. The Morgan fingerprint density at radius 1 is 0.963 bits per heavy atom. The highest BCUT2D eigenvalue weighted by Crippen LogP contribution is 2.88. The van der Waals surface area contributed by atoms with Gasteiger partial charge in [-0.25, -0.2) is 0 Å². The molecule has 5 aliphatic rings. The van der Waals surface area contributed by atoms with Crippen LogP contribution in [-0.2, 0) is 4.79 Å². The van der Waals surface area contributed by atoms with E-state index in [1.807, 2.05) is 0 Å². The van der Waals surface area contributed by atoms with E-state index in [-0.39, 0.29) is 10.8 Å². The number of nitrogens with one attached hydrogen (secondary N) is 1. The molecular weight excluding hydrogens is 330 g/mol. The lowest BCUT2D eigenvalue weighted by atomic mass is 9.42. The second kappa shape index (κ2) is 5.10. The largest absolute Gasteiger partial charge is 0.316 e. The standard InChI is InChI=1S/C25H39NO/c1-7-16-17(27)14-23(5)19-9-8-18-21(2,3)20(26-6)10-11-24(18)15-25(19,24)13-12-22(16,23)4/h7,18-20,26H,8-15H2,1-6H3/b16-7+/t18?,19-,20-,22+,23-,24+,25-/m0/s1. The maximum absolute atomic E-state index is 13.0. The molecule has 5 fully saturated rings. The number of carbonyl (C=O) groups excluding carboxylic acids is 1. The Morgan fingerprint density at radius 3 is 2.30 bits per heavy atom. The van der Waals surface area contributed by atoms with Gasteiger partial charge >= 0.3 is 0 Å². The first-order valence-electron chi connectivity index (χ1n) is 11.5. The number of hydrogen-bond donors (Lipinski definition) is 1. The maximum Gasteiger partial charge on any atom is 0.159 e. The van der Waals surface area contributed by atoms with Crippen molar-refractivity contribution in [3.05, 3.63) is 11.6 Å². The van der Waals surface area contributed by atoms with Gasteiger partial charge in [-0.1, -0.05) is 33.8 Å². The molecular formula is C25H39NO. The van der Waals surface area contributed by atoms with Crippen LogP contribution in [0.5, 0.6) is 0 Å². The molecule has 1 N–H and O–H groups in total. The Morgan fingerprint density at radius 2 is 1.63 bits per heavy atom. The van der Waals surface area contributed by atoms with E-state index >= 15 is 0 Å². The van der Waals surface area contributed by atoms with E-state index in [1.54, 1.807) is 0 Å². The van der Waals surface area contributed by atoms with Gasteiger partial charge in [0.25, 0.3) is 0 Å². The van der Waals surface area contributed by atoms with Gasteiger partial charge in [-0.3, -0.25) is 4.79 Å². The molecule has 5 aliphatic carbocycles. The molecule has 0 aromatic rings. The van der Waals surface area contributed by atoms with Gasteiger partial charge < -0.3 is 5.32 Å². The van der Waals surface area contributed by atoms with Gasteiger partial charge in [-0.2, -0.15) is 0 Å². The minimum Gasteiger partial charge on any atom is -0.316 e. The van der Waals surface area contributed by atoms with Gasteiger partial charge in [0.15, 0.2) is 5.78 Å². The van der Waals surface area contributed by atoms with Crippen LogP contribution in [-0.4, -0.2) is 18.9 Å². The van der Waals surface area contributed by atoms with E-state index < -0.39 is 0 Å². The number of fused-ring (bicyclic) bond motifs is 2. The SMILES string of the molecule is C/C=C1\C(=O)C[C@@]2(C)[C@@H]3CCC4C(C)(C)[C@@H](NC)CC[C@@]45C[C@@]35CC[C@]12C. The zero-order valence-electron chi connectivity index (χ0n) is 18.4. The zero-order chi connectivity index (χ0) is 19.5. The Balaban J connectivity index is 1.56. The summed E-state index contributed by atoms with van der Waals surface area (Å²) in [5.41, 5.74) is 2.98. The summed E-state index contributed by atoms with van der Waals surface area (Å²) >= 11 is 0. The molecule has 27 heavy (non-hydrogen) atoms. The fraction of sp³-hybridized carbons (Fsp3) is 0.880. The van der Waals surface area contributed by atoms with Crippen LogP contribution in [0.4, 0.5) is 0 Å². The van der Waals surface area contributed by atoms with Crippen LogP contribution in [0.25, 0.3) is 0 Å². The summed E-state index contributed by atoms with van der Waals surface area (Å²) in [5, 5.41) is 3.65. The van der Waals surface area contributed by atoms with Crippen LogP contribution in [0.15, 0.2) is 11.6 Å². The first-order valence-corrected chi connectivity index (χ1v) is 11.5. The Kier molecular flexibility index (Phi) is 3.47. The van der Waals surface area contributed by atoms with E-state index in [9.17, 15) is 4.79 Å². The molecule has 2 spiro atoms. The maximum atomic E-state index is 13.0. The van der Waals surface area contributed by atoms with Crippen molar-refractivity contribution in [2.45, 2.75) is 92.0 Å². The van der Waals surface area contributed by atoms with Gasteiger partial charge in [0.2, 0.25) is 0 Å². The Hall–Kier alpha value is -0.630. The highest BCUT2D eigenvalue weighted by molar-refractivity contribution is 6.00. The van der Waals surface area contributed by atoms with Crippen molar-refractivity contribution in [1.82, 2.24) is 5.32 Å². The third kappa shape index (κ3) is 1.77. The number of ketones is 1. The van der Waals surface area contributed by atoms with Crippen molar-refractivity contribution >= 4 is 5.78 Å². The van der Waals surface area contributed by atoms with E-state index in [0.29, 0.717) is 28.1 Å². The molecule has 5 rings (SSSR count). The number of carbonyl (C=O) groups is 1. The van der Waals surface area contributed by atoms with E-state index in [4.69, 9.17) is 0 Å². The normalized spacial score (nSPS) is 56.9. The summed E-state index contributed by atoms with van der Waals surface area (Å²) in [6.45, 7) is 12.1. The number of rotatable bonds is 1. The topological polar surface area (TPSA) is 29.1 Å². The van der Waals surface area contributed by atoms with E-state index in [1.165, 1.54) is 44.9 Å². The van der Waals surface area contributed by atoms with Gasteiger partial charge in [0.05, 0.1) is 0 Å². The predicted octanol–water partition coefficient (Wildman–Crippen LogP) is 5.52. The Bertz CT molecular complexity index is 737. The molecule has 0 heterocycles. The van der Waals surface area contributed by atoms with Gasteiger partial charge in [-0.15, -0.1) is 0 Å². The predicted molar refractivity (Wildman–Crippen MR) is 110 cm³/mol. The average Bonchev–Trinajstić information content (AvgIpc) is 3.21. The molecule has 0 amide bonds. The molecule has 0 aromatic heterocycles. The fourth-order valence-corrected chi connectivity index (χ4v) is 10.0. The molecule has 150 valence electrons. The molecule has 0 radical (unpaired) electrons. The lowest BCUT2D eigenvalue weighted by molar-refractivity contribution is -0.129. The molecule has 0 saturated heterocycles. The smallest absolute Gasteiger partial charge is 0.159 e. The number of hydrogen-bond acceptors (Lipinski definition) is 2. The van der Waals surface area contributed by atoms with Crippen molar-refractivity contribution in [2.24, 2.45) is 38.9 Å². The monoisotopic (exact) mass is 369 g/mol. The van der Waals surface area contributed by atoms with Crippen LogP contribution in [0.2, 0.25) is 0 Å². The lowest BCUT2D eigenvalue weighted by Gasteiger charge is -2.62. The second-order valence-electron chi connectivity index (χ2n) is 11.9. The van der Waals surface area contributed by atoms with Crippen LogP contribution in [0.1, 0.15) is 86.0 Å². The van der Waals surface area contributed by atoms with Gasteiger partial charge in [0, 0.05) is 17.9 Å². The third-order valence-electron chi connectivity index (χ3n) is 11.4. The third-order valence-corrected chi connectivity index (χ3v) is 11.4. The summed E-state index contributed by atoms with van der Waals surface area (Å²) in [5.74, 6) is 2.07. The van der Waals surface area contributed by atoms with Gasteiger partial charge in [-0.05, 0) is 98.0 Å². The highest BCUT2D eigenvalue weighted by Gasteiger charge is 2.82. The quantitative estimate of drug-likeness (QED) is 0.616. The summed E-state index contributed by atoms with van der Waals surface area (Å²) in [4.78, 5) is 13.0. The van der Waals surface area contributed by atoms with Crippen LogP contribution < -0.4 is 5.32 Å². The minimum absolute atomic E-state index is 0.114. The van der Waals surface area contributed by atoms with E-state index in [0.717, 1.165) is 23.8 Å². The summed E-state index contributed by atoms with van der Waals surface area (Å²) in [7, 11) is 2.16. The van der Waals surface area contributed by atoms with Gasteiger partial charge in [0.1, 0.15) is 0 Å². The molecule has 0 aromatic carbocycles. The summed E-state index contributed by atoms with van der Waals surface area (Å²) < 4.78 is 0. The van der Waals surface area contributed by atoms with Crippen LogP contribution >= 0.6 is 0 Å². The fourth-order valence-electron chi connectivity index (χ4n) is 10.0. The molecule has 1 unspecified atom stereocenters. The highest BCUT2D eigenvalue weighted by atomic mass is 16.1. The molecule has 2 heteroatoms. The molecule has 0 bridgehead atoms.